The zero-order chi connectivity index (χ0) is 21.5. The van der Waals surface area contributed by atoms with Gasteiger partial charge in [0.1, 0.15) is 0 Å². The first-order valence-electron chi connectivity index (χ1n) is 10.7. The number of hydrogen-bond acceptors (Lipinski definition) is 4. The molecule has 1 saturated carbocycles. The smallest absolute Gasteiger partial charge is 0.258 e. The van der Waals surface area contributed by atoms with Gasteiger partial charge in [-0.15, -0.1) is 0 Å². The maximum atomic E-state index is 13.1. The van der Waals surface area contributed by atoms with E-state index in [1.54, 1.807) is 29.2 Å². The fourth-order valence-electron chi connectivity index (χ4n) is 5.32. The Bertz CT molecular complexity index is 1080. The lowest BCUT2D eigenvalue weighted by atomic mass is 9.82. The van der Waals surface area contributed by atoms with Gasteiger partial charge in [-0.05, 0) is 67.0 Å². The molecule has 4 atom stereocenters. The maximum absolute atomic E-state index is 13.1. The normalized spacial score (nSPS) is 25.9. The third-order valence-electron chi connectivity index (χ3n) is 6.79. The van der Waals surface area contributed by atoms with Crippen LogP contribution in [0.25, 0.3) is 0 Å². The van der Waals surface area contributed by atoms with E-state index in [1.807, 2.05) is 30.4 Å². The molecule has 2 bridgehead atoms. The van der Waals surface area contributed by atoms with Crippen LogP contribution in [0, 0.1) is 23.7 Å². The van der Waals surface area contributed by atoms with E-state index in [0.717, 1.165) is 18.5 Å². The van der Waals surface area contributed by atoms with Crippen LogP contribution in [0.1, 0.15) is 28.8 Å². The maximum Gasteiger partial charge on any atom is 0.258 e. The quantitative estimate of drug-likeness (QED) is 0.777. The lowest BCUT2D eigenvalue weighted by Crippen LogP contribution is -2.42. The zero-order valence-corrected chi connectivity index (χ0v) is 17.0. The van der Waals surface area contributed by atoms with Crippen molar-refractivity contribution in [1.29, 1.82) is 0 Å². The van der Waals surface area contributed by atoms with Crippen LogP contribution >= 0.6 is 0 Å². The molecule has 2 amide bonds. The van der Waals surface area contributed by atoms with E-state index in [-0.39, 0.29) is 23.7 Å². The third kappa shape index (κ3) is 3.42. The number of nitrogens with one attached hydrogen (secondary N) is 1. The predicted octanol–water partition coefficient (Wildman–Crippen LogP) is 2.41. The van der Waals surface area contributed by atoms with Crippen LogP contribution in [0.5, 0.6) is 0 Å². The molecule has 0 radical (unpaired) electrons. The summed E-state index contributed by atoms with van der Waals surface area (Å²) >= 11 is 0. The van der Waals surface area contributed by atoms with Gasteiger partial charge in [0, 0.05) is 35.4 Å². The summed E-state index contributed by atoms with van der Waals surface area (Å²) in [5.74, 6) is -3.14. The fraction of sp³-hybridized carbons (Fsp3) is 0.320. The summed E-state index contributed by atoms with van der Waals surface area (Å²) in [6, 6.07) is 14.7. The highest BCUT2D eigenvalue weighted by atomic mass is 16.4. The van der Waals surface area contributed by atoms with Gasteiger partial charge in [0.15, 0.2) is 0 Å². The first kappa shape index (κ1) is 19.5. The number of allylic oxidation sites excluding steroid dienone is 2. The SMILES string of the molecule is O=C(Nc1ccc(C(=O)N2CCCc3ccccc32)cc1)[C@@H]1[C@H](C(=O)[O-])[C@H]2C=C[C@@H]1C2. The Labute approximate surface area is 180 Å². The zero-order valence-electron chi connectivity index (χ0n) is 17.0. The van der Waals surface area contributed by atoms with Crippen LogP contribution in [0.4, 0.5) is 11.4 Å². The highest BCUT2D eigenvalue weighted by molar-refractivity contribution is 6.07. The molecule has 31 heavy (non-hydrogen) atoms. The standard InChI is InChI=1S/C25H24N2O4/c28-23(21-17-7-8-18(14-17)22(21)25(30)31)26-19-11-9-16(10-12-19)24(29)27-13-3-5-15-4-1-2-6-20(15)27/h1-2,4,6-12,17-18,21-22H,3,5,13-14H2,(H,26,28)(H,30,31)/p-1/t17-,18+,21+,22-/m1/s1. The lowest BCUT2D eigenvalue weighted by Gasteiger charge is -2.29. The molecule has 6 heteroatoms. The predicted molar refractivity (Wildman–Crippen MR) is 114 cm³/mol. The number of aryl methyl sites for hydroxylation is 1. The minimum Gasteiger partial charge on any atom is -0.550 e. The molecule has 2 aromatic carbocycles. The number of para-hydroxylation sites is 1. The molecule has 6 nitrogen and oxygen atoms in total. The third-order valence-corrected chi connectivity index (χ3v) is 6.79. The highest BCUT2D eigenvalue weighted by Crippen LogP contribution is 2.48. The fourth-order valence-corrected chi connectivity index (χ4v) is 5.32. The molecular formula is C25H23N2O4-. The number of carboxylic acid groups (broad SMARTS) is 1. The molecule has 1 N–H and O–H groups in total. The van der Waals surface area contributed by atoms with Crippen LogP contribution in [0.3, 0.4) is 0 Å². The Morgan fingerprint density at radius 2 is 1.65 bits per heavy atom. The summed E-state index contributed by atoms with van der Waals surface area (Å²) in [5, 5.41) is 14.4. The van der Waals surface area contributed by atoms with E-state index in [9.17, 15) is 19.5 Å². The van der Waals surface area contributed by atoms with E-state index in [4.69, 9.17) is 0 Å². The van der Waals surface area contributed by atoms with Crippen molar-refractivity contribution in [1.82, 2.24) is 0 Å². The van der Waals surface area contributed by atoms with Crippen molar-refractivity contribution in [3.63, 3.8) is 0 Å². The molecule has 0 aromatic heterocycles. The number of nitrogens with zero attached hydrogens (tertiary/aromatic N) is 1. The number of carbonyl (C=O) groups is 3. The minimum atomic E-state index is -1.17. The van der Waals surface area contributed by atoms with Gasteiger partial charge in [-0.25, -0.2) is 0 Å². The van der Waals surface area contributed by atoms with Gasteiger partial charge < -0.3 is 20.1 Å². The van der Waals surface area contributed by atoms with E-state index < -0.39 is 17.8 Å². The Balaban J connectivity index is 1.30. The monoisotopic (exact) mass is 415 g/mol. The number of rotatable bonds is 4. The Morgan fingerprint density at radius 3 is 2.39 bits per heavy atom. The van der Waals surface area contributed by atoms with Crippen molar-refractivity contribution in [3.05, 3.63) is 71.8 Å². The Kier molecular flexibility index (Phi) is 4.85. The van der Waals surface area contributed by atoms with Gasteiger partial charge in [-0.1, -0.05) is 30.4 Å². The molecule has 1 aliphatic heterocycles. The summed E-state index contributed by atoms with van der Waals surface area (Å²) in [4.78, 5) is 39.2. The molecule has 0 unspecified atom stereocenters. The molecular weight excluding hydrogens is 392 g/mol. The Hall–Kier alpha value is -3.41. The van der Waals surface area contributed by atoms with Crippen molar-refractivity contribution in [2.75, 3.05) is 16.8 Å². The first-order valence-corrected chi connectivity index (χ1v) is 10.7. The van der Waals surface area contributed by atoms with E-state index >= 15 is 0 Å². The van der Waals surface area contributed by atoms with Crippen LogP contribution < -0.4 is 15.3 Å². The highest BCUT2D eigenvalue weighted by Gasteiger charge is 2.48. The van der Waals surface area contributed by atoms with Crippen molar-refractivity contribution >= 4 is 29.2 Å². The summed E-state index contributed by atoms with van der Waals surface area (Å²) in [7, 11) is 0. The van der Waals surface area contributed by atoms with E-state index in [2.05, 4.69) is 11.4 Å². The second-order valence-corrected chi connectivity index (χ2v) is 8.57. The van der Waals surface area contributed by atoms with Crippen LogP contribution in [-0.4, -0.2) is 24.3 Å². The molecule has 158 valence electrons. The van der Waals surface area contributed by atoms with Gasteiger partial charge >= 0.3 is 0 Å². The summed E-state index contributed by atoms with van der Waals surface area (Å²) in [6.45, 7) is 0.677. The molecule has 1 fully saturated rings. The topological polar surface area (TPSA) is 89.5 Å². The van der Waals surface area contributed by atoms with E-state index in [0.29, 0.717) is 24.2 Å². The van der Waals surface area contributed by atoms with Crippen LogP contribution in [0.15, 0.2) is 60.7 Å². The number of aliphatic carboxylic acids is 1. The molecule has 5 rings (SSSR count). The molecule has 1 heterocycles. The summed E-state index contributed by atoms with van der Waals surface area (Å²) in [5.41, 5.74) is 3.22. The van der Waals surface area contributed by atoms with Gasteiger partial charge in [0.05, 0.1) is 5.92 Å². The van der Waals surface area contributed by atoms with Crippen molar-refractivity contribution in [2.45, 2.75) is 19.3 Å². The number of fused-ring (bicyclic) bond motifs is 3. The van der Waals surface area contributed by atoms with Crippen LogP contribution in [0.2, 0.25) is 0 Å². The van der Waals surface area contributed by atoms with Crippen molar-refractivity contribution < 1.29 is 19.5 Å². The number of amides is 2. The average molecular weight is 415 g/mol. The summed E-state index contributed by atoms with van der Waals surface area (Å²) in [6.07, 6.45) is 6.40. The number of carboxylic acids is 1. The van der Waals surface area contributed by atoms with Crippen LogP contribution in [-0.2, 0) is 16.0 Å². The van der Waals surface area contributed by atoms with Gasteiger partial charge in [-0.2, -0.15) is 0 Å². The molecule has 0 saturated heterocycles. The van der Waals surface area contributed by atoms with Crippen molar-refractivity contribution in [2.24, 2.45) is 23.7 Å². The molecule has 2 aliphatic carbocycles. The number of benzene rings is 2. The average Bonchev–Trinajstić information content (AvgIpc) is 3.41. The minimum absolute atomic E-state index is 0.0621. The molecule has 0 spiro atoms. The van der Waals surface area contributed by atoms with Gasteiger partial charge in [-0.3, -0.25) is 9.59 Å². The largest absolute Gasteiger partial charge is 0.550 e. The number of anilines is 2. The van der Waals surface area contributed by atoms with E-state index in [1.165, 1.54) is 5.56 Å². The first-order chi connectivity index (χ1) is 15.0. The molecule has 3 aliphatic rings. The molecule has 2 aromatic rings. The second kappa shape index (κ2) is 7.69. The van der Waals surface area contributed by atoms with Gasteiger partial charge in [0.25, 0.3) is 5.91 Å². The lowest BCUT2D eigenvalue weighted by molar-refractivity contribution is -0.313. The second-order valence-electron chi connectivity index (χ2n) is 8.57. The van der Waals surface area contributed by atoms with Gasteiger partial charge in [0.2, 0.25) is 5.91 Å². The summed E-state index contributed by atoms with van der Waals surface area (Å²) < 4.78 is 0. The number of hydrogen-bond donors (Lipinski definition) is 1. The number of carbonyl (C=O) groups excluding carboxylic acids is 3. The Morgan fingerprint density at radius 1 is 0.935 bits per heavy atom. The van der Waals surface area contributed by atoms with Crippen molar-refractivity contribution in [3.8, 4) is 0 Å².